The summed E-state index contributed by atoms with van der Waals surface area (Å²) in [6, 6.07) is 0. The summed E-state index contributed by atoms with van der Waals surface area (Å²) in [5, 5.41) is 3.41. The fraction of sp³-hybridized carbons (Fsp3) is 0.750. The van der Waals surface area contributed by atoms with E-state index >= 15 is 0 Å². The molecule has 0 aromatic rings. The van der Waals surface area contributed by atoms with Gasteiger partial charge in [-0.15, -0.1) is 0 Å². The van der Waals surface area contributed by atoms with Gasteiger partial charge in [0.05, 0.1) is 0 Å². The summed E-state index contributed by atoms with van der Waals surface area (Å²) < 4.78 is 0. The lowest BCUT2D eigenvalue weighted by atomic mass is 9.99. The highest BCUT2D eigenvalue weighted by molar-refractivity contribution is 5.31. The van der Waals surface area contributed by atoms with Crippen LogP contribution in [-0.4, -0.2) is 31.1 Å². The zero-order chi connectivity index (χ0) is 6.55. The molecule has 1 fully saturated rings. The Hall–Kier alpha value is -0.500. The van der Waals surface area contributed by atoms with Crippen molar-refractivity contribution in [1.82, 2.24) is 10.2 Å². The third-order valence-electron chi connectivity index (χ3n) is 3.04. The Bertz CT molecular complexity index is 187. The van der Waals surface area contributed by atoms with Gasteiger partial charge in [-0.25, -0.2) is 0 Å². The average molecular weight is 136 g/mol. The van der Waals surface area contributed by atoms with Crippen LogP contribution in [0.4, 0.5) is 0 Å². The molecule has 0 aromatic carbocycles. The molecule has 1 N–H and O–H groups in total. The van der Waals surface area contributed by atoms with Crippen LogP contribution in [0.5, 0.6) is 0 Å². The van der Waals surface area contributed by atoms with Crippen molar-refractivity contribution in [2.75, 3.05) is 26.2 Å². The van der Waals surface area contributed by atoms with Gasteiger partial charge in [0.1, 0.15) is 0 Å². The molecule has 0 saturated carbocycles. The molecule has 0 aliphatic carbocycles. The van der Waals surface area contributed by atoms with Crippen molar-refractivity contribution in [2.45, 2.75) is 6.42 Å². The van der Waals surface area contributed by atoms with Crippen LogP contribution in [0.2, 0.25) is 0 Å². The van der Waals surface area contributed by atoms with Crippen LogP contribution < -0.4 is 5.32 Å². The van der Waals surface area contributed by atoms with E-state index in [-0.39, 0.29) is 0 Å². The van der Waals surface area contributed by atoms with E-state index in [0.29, 0.717) is 0 Å². The number of hydrogen-bond donors (Lipinski definition) is 1. The fourth-order valence-electron chi connectivity index (χ4n) is 2.52. The van der Waals surface area contributed by atoms with E-state index < -0.39 is 0 Å². The minimum atomic E-state index is 0.935. The average Bonchev–Trinajstić information content (AvgIpc) is 2.60. The number of nitrogens with one attached hydrogen (secondary N) is 1. The van der Waals surface area contributed by atoms with Gasteiger partial charge in [-0.3, -0.25) is 0 Å². The minimum Gasteiger partial charge on any atom is -0.373 e. The van der Waals surface area contributed by atoms with Gasteiger partial charge in [0.2, 0.25) is 0 Å². The molecule has 0 radical (unpaired) electrons. The van der Waals surface area contributed by atoms with E-state index in [1.807, 2.05) is 0 Å². The van der Waals surface area contributed by atoms with Gasteiger partial charge in [0, 0.05) is 37.8 Å². The summed E-state index contributed by atoms with van der Waals surface area (Å²) in [6.45, 7) is 4.99. The molecule has 1 unspecified atom stereocenters. The van der Waals surface area contributed by atoms with Gasteiger partial charge in [-0.1, -0.05) is 0 Å². The second-order valence-corrected chi connectivity index (χ2v) is 3.51. The molecule has 3 aliphatic heterocycles. The molecule has 1 atom stereocenters. The lowest BCUT2D eigenvalue weighted by Gasteiger charge is -2.16. The molecule has 1 saturated heterocycles. The molecular formula is C8H12N2. The van der Waals surface area contributed by atoms with Crippen LogP contribution in [-0.2, 0) is 0 Å². The number of nitrogens with zero attached hydrogens (tertiary/aromatic N) is 1. The maximum atomic E-state index is 3.41. The lowest BCUT2D eigenvalue weighted by molar-refractivity contribution is 0.429. The van der Waals surface area contributed by atoms with Crippen molar-refractivity contribution in [1.29, 1.82) is 0 Å². The monoisotopic (exact) mass is 136 g/mol. The van der Waals surface area contributed by atoms with Gasteiger partial charge in [-0.05, 0) is 12.0 Å². The fourth-order valence-corrected chi connectivity index (χ4v) is 2.52. The quantitative estimate of drug-likeness (QED) is 0.511. The maximum absolute atomic E-state index is 3.41. The summed E-state index contributed by atoms with van der Waals surface area (Å²) >= 11 is 0. The molecule has 0 amide bonds. The first-order chi connectivity index (χ1) is 4.95. The SMILES string of the molecule is C1NCC2=C1C1CCN2C1. The Balaban J connectivity index is 2.06. The Morgan fingerprint density at radius 2 is 2.40 bits per heavy atom. The van der Waals surface area contributed by atoms with E-state index in [1.54, 1.807) is 11.3 Å². The summed E-state index contributed by atoms with van der Waals surface area (Å²) in [5.74, 6) is 0.935. The summed E-state index contributed by atoms with van der Waals surface area (Å²) in [6.07, 6.45) is 1.42. The van der Waals surface area contributed by atoms with Crippen molar-refractivity contribution < 1.29 is 0 Å². The standard InChI is InChI=1S/C8H12N2/c1-2-10-5-6(1)7-3-9-4-8(7)10/h6,9H,1-5H2. The first-order valence-electron chi connectivity index (χ1n) is 4.13. The van der Waals surface area contributed by atoms with E-state index in [0.717, 1.165) is 12.5 Å². The second kappa shape index (κ2) is 1.56. The topological polar surface area (TPSA) is 15.3 Å². The molecule has 10 heavy (non-hydrogen) atoms. The van der Waals surface area contributed by atoms with Crippen molar-refractivity contribution in [3.8, 4) is 0 Å². The van der Waals surface area contributed by atoms with Crippen molar-refractivity contribution in [3.63, 3.8) is 0 Å². The van der Waals surface area contributed by atoms with Crippen LogP contribution >= 0.6 is 0 Å². The molecular weight excluding hydrogens is 124 g/mol. The van der Waals surface area contributed by atoms with Gasteiger partial charge in [0.15, 0.2) is 0 Å². The molecule has 3 rings (SSSR count). The Morgan fingerprint density at radius 1 is 1.40 bits per heavy atom. The highest BCUT2D eigenvalue weighted by Crippen LogP contribution is 2.38. The third-order valence-corrected chi connectivity index (χ3v) is 3.04. The normalized spacial score (nSPS) is 36.0. The molecule has 2 nitrogen and oxygen atoms in total. The molecule has 2 heteroatoms. The summed E-state index contributed by atoms with van der Waals surface area (Å²) in [4.78, 5) is 2.56. The maximum Gasteiger partial charge on any atom is 0.0359 e. The number of rotatable bonds is 0. The van der Waals surface area contributed by atoms with Gasteiger partial charge >= 0.3 is 0 Å². The molecule has 3 heterocycles. The lowest BCUT2D eigenvalue weighted by Crippen LogP contribution is -2.21. The molecule has 0 spiro atoms. The smallest absolute Gasteiger partial charge is 0.0359 e. The molecule has 0 aromatic heterocycles. The van der Waals surface area contributed by atoms with Crippen LogP contribution in [0.3, 0.4) is 0 Å². The Labute approximate surface area is 60.9 Å². The van der Waals surface area contributed by atoms with E-state index in [4.69, 9.17) is 0 Å². The number of fused-ring (bicyclic) bond motifs is 4. The zero-order valence-corrected chi connectivity index (χ0v) is 6.06. The molecule has 54 valence electrons. The van der Waals surface area contributed by atoms with Crippen LogP contribution in [0.1, 0.15) is 6.42 Å². The first-order valence-corrected chi connectivity index (χ1v) is 4.13. The van der Waals surface area contributed by atoms with Crippen molar-refractivity contribution in [3.05, 3.63) is 11.3 Å². The summed E-state index contributed by atoms with van der Waals surface area (Å²) in [7, 11) is 0. The predicted molar refractivity (Wildman–Crippen MR) is 39.6 cm³/mol. The molecule has 3 aliphatic rings. The molecule has 2 bridgehead atoms. The van der Waals surface area contributed by atoms with E-state index in [1.165, 1.54) is 26.1 Å². The van der Waals surface area contributed by atoms with Crippen LogP contribution in [0, 0.1) is 5.92 Å². The van der Waals surface area contributed by atoms with Crippen LogP contribution in [0.15, 0.2) is 11.3 Å². The van der Waals surface area contributed by atoms with E-state index in [9.17, 15) is 0 Å². The predicted octanol–water partition coefficient (Wildman–Crippen LogP) is 0.179. The summed E-state index contributed by atoms with van der Waals surface area (Å²) in [5.41, 5.74) is 3.36. The highest BCUT2D eigenvalue weighted by Gasteiger charge is 2.38. The Kier molecular flexibility index (Phi) is 0.810. The van der Waals surface area contributed by atoms with Crippen molar-refractivity contribution in [2.24, 2.45) is 5.92 Å². The number of hydrogen-bond acceptors (Lipinski definition) is 2. The van der Waals surface area contributed by atoms with Gasteiger partial charge < -0.3 is 10.2 Å². The van der Waals surface area contributed by atoms with Crippen molar-refractivity contribution >= 4 is 0 Å². The Morgan fingerprint density at radius 3 is 3.30 bits per heavy atom. The first kappa shape index (κ1) is 5.19. The van der Waals surface area contributed by atoms with Gasteiger partial charge in [-0.2, -0.15) is 0 Å². The largest absolute Gasteiger partial charge is 0.373 e. The third kappa shape index (κ3) is 0.451. The van der Waals surface area contributed by atoms with E-state index in [2.05, 4.69) is 10.2 Å². The van der Waals surface area contributed by atoms with Crippen LogP contribution in [0.25, 0.3) is 0 Å². The second-order valence-electron chi connectivity index (χ2n) is 3.51. The minimum absolute atomic E-state index is 0.935. The zero-order valence-electron chi connectivity index (χ0n) is 6.06. The van der Waals surface area contributed by atoms with Gasteiger partial charge in [0.25, 0.3) is 0 Å². The highest BCUT2D eigenvalue weighted by atomic mass is 15.2.